The van der Waals surface area contributed by atoms with Crippen LogP contribution < -0.4 is 5.32 Å². The fourth-order valence-corrected chi connectivity index (χ4v) is 5.15. The van der Waals surface area contributed by atoms with Crippen LogP contribution in [0.4, 0.5) is 0 Å². The molecule has 0 amide bonds. The molecular weight excluding hydrogens is 266 g/mol. The Bertz CT molecular complexity index is 406. The summed E-state index contributed by atoms with van der Waals surface area (Å²) < 4.78 is 34.7. The molecule has 1 spiro atoms. The Hall–Kier alpha value is -0.170. The normalized spacial score (nSPS) is 34.6. The summed E-state index contributed by atoms with van der Waals surface area (Å²) in [6, 6.07) is 0.555. The molecule has 0 aromatic heterocycles. The van der Waals surface area contributed by atoms with Gasteiger partial charge in [-0.3, -0.25) is 0 Å². The SMILES string of the molecule is O=S1(=O)CCCC(NC2CCC3(CC2)OCCO3)C1. The van der Waals surface area contributed by atoms with E-state index in [4.69, 9.17) is 9.47 Å². The smallest absolute Gasteiger partial charge is 0.168 e. The number of rotatable bonds is 2. The number of hydrogen-bond acceptors (Lipinski definition) is 5. The lowest BCUT2D eigenvalue weighted by Crippen LogP contribution is -2.49. The highest BCUT2D eigenvalue weighted by Gasteiger charge is 2.40. The number of nitrogens with one attached hydrogen (secondary N) is 1. The summed E-state index contributed by atoms with van der Waals surface area (Å²) in [6.45, 7) is 1.41. The van der Waals surface area contributed by atoms with E-state index in [1.807, 2.05) is 0 Å². The molecule has 2 saturated heterocycles. The second kappa shape index (κ2) is 5.31. The average molecular weight is 289 g/mol. The molecule has 2 aliphatic heterocycles. The van der Waals surface area contributed by atoms with E-state index in [0.29, 0.717) is 30.8 Å². The Labute approximate surface area is 115 Å². The third-order valence-electron chi connectivity index (χ3n) is 4.50. The topological polar surface area (TPSA) is 64.6 Å². The molecule has 0 aromatic carbocycles. The Balaban J connectivity index is 1.49. The fourth-order valence-electron chi connectivity index (χ4n) is 3.50. The van der Waals surface area contributed by atoms with Gasteiger partial charge in [0, 0.05) is 24.9 Å². The van der Waals surface area contributed by atoms with Crippen LogP contribution in [0.3, 0.4) is 0 Å². The van der Waals surface area contributed by atoms with E-state index < -0.39 is 9.84 Å². The van der Waals surface area contributed by atoms with Gasteiger partial charge in [0.05, 0.1) is 24.7 Å². The highest BCUT2D eigenvalue weighted by atomic mass is 32.2. The molecule has 2 heterocycles. The maximum Gasteiger partial charge on any atom is 0.168 e. The van der Waals surface area contributed by atoms with Crippen molar-refractivity contribution in [2.75, 3.05) is 24.7 Å². The van der Waals surface area contributed by atoms with Gasteiger partial charge in [-0.05, 0) is 25.7 Å². The third kappa shape index (κ3) is 3.29. The quantitative estimate of drug-likeness (QED) is 0.816. The second-order valence-corrected chi connectivity index (χ2v) is 8.23. The zero-order valence-corrected chi connectivity index (χ0v) is 12.1. The molecule has 0 aromatic rings. The first-order valence-corrected chi connectivity index (χ1v) is 9.14. The molecule has 3 fully saturated rings. The minimum absolute atomic E-state index is 0.142. The minimum Gasteiger partial charge on any atom is -0.348 e. The van der Waals surface area contributed by atoms with Gasteiger partial charge in [0.1, 0.15) is 0 Å². The van der Waals surface area contributed by atoms with Gasteiger partial charge >= 0.3 is 0 Å². The predicted molar refractivity (Wildman–Crippen MR) is 71.7 cm³/mol. The fraction of sp³-hybridized carbons (Fsp3) is 1.00. The van der Waals surface area contributed by atoms with E-state index in [-0.39, 0.29) is 11.8 Å². The molecule has 5 nitrogen and oxygen atoms in total. The molecule has 110 valence electrons. The standard InChI is InChI=1S/C13H23NO4S/c15-19(16)9-1-2-12(10-19)14-11-3-5-13(6-4-11)17-7-8-18-13/h11-12,14H,1-10H2. The monoisotopic (exact) mass is 289 g/mol. The first-order valence-electron chi connectivity index (χ1n) is 7.31. The molecule has 1 aliphatic carbocycles. The molecular formula is C13H23NO4S. The predicted octanol–water partition coefficient (Wildman–Crippen LogP) is 0.839. The number of ether oxygens (including phenoxy) is 2. The van der Waals surface area contributed by atoms with Crippen molar-refractivity contribution >= 4 is 9.84 Å². The van der Waals surface area contributed by atoms with Crippen LogP contribution in [0.2, 0.25) is 0 Å². The molecule has 3 rings (SSSR count). The van der Waals surface area contributed by atoms with Gasteiger partial charge in [0.2, 0.25) is 0 Å². The summed E-state index contributed by atoms with van der Waals surface area (Å²) in [5, 5.41) is 3.53. The summed E-state index contributed by atoms with van der Waals surface area (Å²) in [7, 11) is -2.82. The molecule has 1 saturated carbocycles. The molecule has 6 heteroatoms. The first kappa shape index (κ1) is 13.8. The summed E-state index contributed by atoms with van der Waals surface area (Å²) in [5.74, 6) is 0.346. The molecule has 1 unspecified atom stereocenters. The van der Waals surface area contributed by atoms with Crippen LogP contribution >= 0.6 is 0 Å². The Morgan fingerprint density at radius 3 is 2.32 bits per heavy atom. The van der Waals surface area contributed by atoms with Crippen molar-refractivity contribution in [3.05, 3.63) is 0 Å². The van der Waals surface area contributed by atoms with Crippen molar-refractivity contribution in [2.24, 2.45) is 0 Å². The van der Waals surface area contributed by atoms with E-state index in [1.54, 1.807) is 0 Å². The molecule has 0 bridgehead atoms. The lowest BCUT2D eigenvalue weighted by Gasteiger charge is -2.37. The van der Waals surface area contributed by atoms with Crippen molar-refractivity contribution in [3.63, 3.8) is 0 Å². The van der Waals surface area contributed by atoms with Gasteiger partial charge in [0.25, 0.3) is 0 Å². The maximum absolute atomic E-state index is 11.6. The van der Waals surface area contributed by atoms with Crippen LogP contribution in [-0.2, 0) is 19.3 Å². The van der Waals surface area contributed by atoms with E-state index in [9.17, 15) is 8.42 Å². The van der Waals surface area contributed by atoms with Gasteiger partial charge < -0.3 is 14.8 Å². The van der Waals surface area contributed by atoms with Crippen LogP contribution in [0.15, 0.2) is 0 Å². The van der Waals surface area contributed by atoms with Gasteiger partial charge in [-0.15, -0.1) is 0 Å². The molecule has 0 radical (unpaired) electrons. The van der Waals surface area contributed by atoms with Crippen molar-refractivity contribution in [3.8, 4) is 0 Å². The lowest BCUT2D eigenvalue weighted by atomic mass is 9.89. The van der Waals surface area contributed by atoms with Crippen molar-refractivity contribution in [1.82, 2.24) is 5.32 Å². The molecule has 1 atom stereocenters. The molecule has 1 N–H and O–H groups in total. The Kier molecular flexibility index (Phi) is 3.86. The van der Waals surface area contributed by atoms with E-state index in [0.717, 1.165) is 38.5 Å². The van der Waals surface area contributed by atoms with Crippen LogP contribution in [0.5, 0.6) is 0 Å². The van der Waals surface area contributed by atoms with Gasteiger partial charge in [-0.25, -0.2) is 8.42 Å². The van der Waals surface area contributed by atoms with E-state index >= 15 is 0 Å². The van der Waals surface area contributed by atoms with Crippen molar-refractivity contribution < 1.29 is 17.9 Å². The van der Waals surface area contributed by atoms with Gasteiger partial charge in [0.15, 0.2) is 15.6 Å². The Morgan fingerprint density at radius 2 is 1.68 bits per heavy atom. The second-order valence-electron chi connectivity index (χ2n) is 6.00. The third-order valence-corrected chi connectivity index (χ3v) is 6.32. The number of sulfone groups is 1. The van der Waals surface area contributed by atoms with Gasteiger partial charge in [-0.2, -0.15) is 0 Å². The zero-order chi connectivity index (χ0) is 13.3. The highest BCUT2D eigenvalue weighted by Crippen LogP contribution is 2.36. The summed E-state index contributed by atoms with van der Waals surface area (Å²) in [5.41, 5.74) is 0. The summed E-state index contributed by atoms with van der Waals surface area (Å²) >= 11 is 0. The van der Waals surface area contributed by atoms with Crippen molar-refractivity contribution in [1.29, 1.82) is 0 Å². The van der Waals surface area contributed by atoms with E-state index in [2.05, 4.69) is 5.32 Å². The summed E-state index contributed by atoms with van der Waals surface area (Å²) in [4.78, 5) is 0. The average Bonchev–Trinajstić information content (AvgIpc) is 2.80. The zero-order valence-electron chi connectivity index (χ0n) is 11.3. The van der Waals surface area contributed by atoms with Gasteiger partial charge in [-0.1, -0.05) is 0 Å². The van der Waals surface area contributed by atoms with E-state index in [1.165, 1.54) is 0 Å². The van der Waals surface area contributed by atoms with Crippen LogP contribution in [0.25, 0.3) is 0 Å². The lowest BCUT2D eigenvalue weighted by molar-refractivity contribution is -0.179. The minimum atomic E-state index is -2.82. The Morgan fingerprint density at radius 1 is 1.00 bits per heavy atom. The van der Waals surface area contributed by atoms with Crippen LogP contribution in [0.1, 0.15) is 38.5 Å². The van der Waals surface area contributed by atoms with Crippen LogP contribution in [-0.4, -0.2) is 51.0 Å². The summed E-state index contributed by atoms with van der Waals surface area (Å²) in [6.07, 6.45) is 5.64. The highest BCUT2D eigenvalue weighted by molar-refractivity contribution is 7.91. The maximum atomic E-state index is 11.6. The van der Waals surface area contributed by atoms with Crippen LogP contribution in [0, 0.1) is 0 Å². The first-order chi connectivity index (χ1) is 9.07. The largest absolute Gasteiger partial charge is 0.348 e. The molecule has 3 aliphatic rings. The van der Waals surface area contributed by atoms with Crippen molar-refractivity contribution in [2.45, 2.75) is 56.4 Å². The number of hydrogen-bond donors (Lipinski definition) is 1. The molecule has 19 heavy (non-hydrogen) atoms.